The normalized spacial score (nSPS) is 10.3. The summed E-state index contributed by atoms with van der Waals surface area (Å²) in [6.45, 7) is 5.22. The van der Waals surface area contributed by atoms with Gasteiger partial charge in [0.05, 0.1) is 11.5 Å². The molecule has 0 saturated heterocycles. The molecule has 0 amide bonds. The number of ether oxygens (including phenoxy) is 1. The van der Waals surface area contributed by atoms with Crippen LogP contribution in [0.2, 0.25) is 0 Å². The van der Waals surface area contributed by atoms with Gasteiger partial charge in [0.25, 0.3) is 0 Å². The van der Waals surface area contributed by atoms with E-state index in [0.717, 1.165) is 11.6 Å². The molecule has 0 aliphatic heterocycles. The number of aromatic carboxylic acids is 1. The van der Waals surface area contributed by atoms with E-state index < -0.39 is 23.1 Å². The van der Waals surface area contributed by atoms with Gasteiger partial charge in [0.2, 0.25) is 0 Å². The summed E-state index contributed by atoms with van der Waals surface area (Å²) in [6.07, 6.45) is 0. The van der Waals surface area contributed by atoms with E-state index >= 15 is 0 Å². The molecule has 0 bridgehead atoms. The maximum absolute atomic E-state index is 11.8. The van der Waals surface area contributed by atoms with Gasteiger partial charge in [0.15, 0.2) is 0 Å². The topological polar surface area (TPSA) is 96.6 Å². The number of carboxylic acids is 1. The molecule has 0 aliphatic carbocycles. The van der Waals surface area contributed by atoms with Crippen LogP contribution in [-0.2, 0) is 4.79 Å². The molecular weight excluding hydrogens is 288 g/mol. The Balaban J connectivity index is 2.42. The zero-order valence-electron chi connectivity index (χ0n) is 12.3. The van der Waals surface area contributed by atoms with Crippen molar-refractivity contribution in [2.45, 2.75) is 20.8 Å². The van der Waals surface area contributed by atoms with Crippen LogP contribution in [0.15, 0.2) is 44.6 Å². The highest BCUT2D eigenvalue weighted by Gasteiger charge is 2.11. The number of rotatable bonds is 3. The predicted octanol–water partition coefficient (Wildman–Crippen LogP) is 1.42. The zero-order chi connectivity index (χ0) is 16.4. The molecule has 0 N–H and O–H groups in total. The van der Waals surface area contributed by atoms with E-state index in [9.17, 15) is 19.5 Å². The molecule has 0 atom stereocenters. The van der Waals surface area contributed by atoms with Gasteiger partial charge in [-0.05, 0) is 39.0 Å². The van der Waals surface area contributed by atoms with E-state index in [4.69, 9.17) is 9.15 Å². The van der Waals surface area contributed by atoms with Crippen molar-refractivity contribution in [3.8, 4) is 5.75 Å². The summed E-state index contributed by atoms with van der Waals surface area (Å²) < 4.78 is 10.1. The van der Waals surface area contributed by atoms with Crippen molar-refractivity contribution in [1.82, 2.24) is 0 Å². The Morgan fingerprint density at radius 2 is 1.82 bits per heavy atom. The number of allylic oxidation sites excluding steroid dienone is 1. The lowest BCUT2D eigenvalue weighted by Gasteiger charge is -2.07. The molecule has 0 spiro atoms. The highest BCUT2D eigenvalue weighted by atomic mass is 16.5. The molecular formula is C16H13O6-. The number of esters is 1. The lowest BCUT2D eigenvalue weighted by Crippen LogP contribution is -2.28. The van der Waals surface area contributed by atoms with Crippen LogP contribution < -0.4 is 15.5 Å². The third-order valence-electron chi connectivity index (χ3n) is 3.19. The van der Waals surface area contributed by atoms with Crippen LogP contribution in [0, 0.1) is 0 Å². The first-order valence-corrected chi connectivity index (χ1v) is 6.45. The second-order valence-electron chi connectivity index (χ2n) is 4.95. The van der Waals surface area contributed by atoms with Gasteiger partial charge in [0, 0.05) is 17.0 Å². The average molecular weight is 301 g/mol. The summed E-state index contributed by atoms with van der Waals surface area (Å²) in [7, 11) is 0. The van der Waals surface area contributed by atoms with Crippen molar-refractivity contribution in [2.75, 3.05) is 0 Å². The van der Waals surface area contributed by atoms with Crippen LogP contribution in [0.25, 0.3) is 11.0 Å². The Hall–Kier alpha value is -2.89. The molecule has 6 nitrogen and oxygen atoms in total. The Bertz CT molecular complexity index is 853. The lowest BCUT2D eigenvalue weighted by atomic mass is 10.1. The number of hydrogen-bond donors (Lipinski definition) is 0. The summed E-state index contributed by atoms with van der Waals surface area (Å²) in [5.74, 6) is -1.92. The maximum atomic E-state index is 11.8. The van der Waals surface area contributed by atoms with Crippen molar-refractivity contribution in [1.29, 1.82) is 0 Å². The third-order valence-corrected chi connectivity index (χ3v) is 3.19. The molecule has 0 saturated carbocycles. The van der Waals surface area contributed by atoms with Gasteiger partial charge in [-0.15, -0.1) is 0 Å². The Labute approximate surface area is 125 Å². The van der Waals surface area contributed by atoms with Crippen LogP contribution in [0.1, 0.15) is 31.1 Å². The first kappa shape index (κ1) is 15.5. The molecule has 2 aromatic rings. The molecule has 6 heteroatoms. The quantitative estimate of drug-likeness (QED) is 0.368. The summed E-state index contributed by atoms with van der Waals surface area (Å²) in [4.78, 5) is 34.1. The molecule has 114 valence electrons. The largest absolute Gasteiger partial charge is 0.545 e. The van der Waals surface area contributed by atoms with Crippen LogP contribution in [-0.4, -0.2) is 11.9 Å². The molecule has 1 aromatic carbocycles. The van der Waals surface area contributed by atoms with Crippen LogP contribution in [0.3, 0.4) is 0 Å². The minimum atomic E-state index is -1.61. The highest BCUT2D eigenvalue weighted by molar-refractivity contribution is 5.92. The van der Waals surface area contributed by atoms with Gasteiger partial charge < -0.3 is 19.1 Å². The monoisotopic (exact) mass is 301 g/mol. The summed E-state index contributed by atoms with van der Waals surface area (Å²) in [5, 5.41) is 11.2. The minimum Gasteiger partial charge on any atom is -0.545 e. The number of carbonyl (C=O) groups is 2. The fourth-order valence-electron chi connectivity index (χ4n) is 1.69. The van der Waals surface area contributed by atoms with E-state index in [0.29, 0.717) is 11.0 Å². The fraction of sp³-hybridized carbons (Fsp3) is 0.188. The number of carboxylic acid groups (broad SMARTS) is 1. The molecule has 1 aromatic heterocycles. The van der Waals surface area contributed by atoms with Gasteiger partial charge in [0.1, 0.15) is 11.3 Å². The summed E-state index contributed by atoms with van der Waals surface area (Å²) in [5.41, 5.74) is -0.144. The van der Waals surface area contributed by atoms with Gasteiger partial charge in [-0.2, -0.15) is 0 Å². The van der Waals surface area contributed by atoms with Gasteiger partial charge in [-0.1, -0.05) is 5.57 Å². The molecule has 0 aliphatic rings. The van der Waals surface area contributed by atoms with E-state index in [1.165, 1.54) is 18.2 Å². The van der Waals surface area contributed by atoms with Crippen molar-refractivity contribution in [3.63, 3.8) is 0 Å². The van der Waals surface area contributed by atoms with Crippen LogP contribution in [0.5, 0.6) is 5.75 Å². The van der Waals surface area contributed by atoms with Crippen molar-refractivity contribution < 1.29 is 23.8 Å². The van der Waals surface area contributed by atoms with Crippen LogP contribution in [0.4, 0.5) is 0 Å². The van der Waals surface area contributed by atoms with Crippen LogP contribution >= 0.6 is 0 Å². The third kappa shape index (κ3) is 3.06. The van der Waals surface area contributed by atoms with Gasteiger partial charge in [-0.25, -0.2) is 9.59 Å². The van der Waals surface area contributed by atoms with Crippen molar-refractivity contribution in [2.24, 2.45) is 0 Å². The SMILES string of the molecule is CC(C)=C(C)C(=O)Oc1ccc2cc(C(=O)[O-])c(=O)oc2c1. The molecule has 22 heavy (non-hydrogen) atoms. The standard InChI is InChI=1S/C16H14O6/c1-8(2)9(3)15(19)21-11-5-4-10-6-12(14(17)18)16(20)22-13(10)7-11/h4-7H,1-3H3,(H,17,18)/p-1. The summed E-state index contributed by atoms with van der Waals surface area (Å²) in [6, 6.07) is 5.48. The Morgan fingerprint density at radius 1 is 1.14 bits per heavy atom. The van der Waals surface area contributed by atoms with E-state index in [2.05, 4.69) is 0 Å². The average Bonchev–Trinajstić information content (AvgIpc) is 2.45. The van der Waals surface area contributed by atoms with E-state index in [-0.39, 0.29) is 11.3 Å². The Kier molecular flexibility index (Phi) is 4.12. The van der Waals surface area contributed by atoms with E-state index in [1.54, 1.807) is 20.8 Å². The first-order valence-electron chi connectivity index (χ1n) is 6.45. The second-order valence-corrected chi connectivity index (χ2v) is 4.95. The smallest absolute Gasteiger partial charge is 0.345 e. The number of fused-ring (bicyclic) bond motifs is 1. The first-order chi connectivity index (χ1) is 10.3. The van der Waals surface area contributed by atoms with E-state index in [1.807, 2.05) is 0 Å². The fourth-order valence-corrected chi connectivity index (χ4v) is 1.69. The lowest BCUT2D eigenvalue weighted by molar-refractivity contribution is -0.255. The second kappa shape index (κ2) is 5.85. The minimum absolute atomic E-state index is 0.121. The molecule has 1 heterocycles. The molecule has 0 unspecified atom stereocenters. The molecule has 0 fully saturated rings. The Morgan fingerprint density at radius 3 is 2.41 bits per heavy atom. The number of hydrogen-bond acceptors (Lipinski definition) is 6. The van der Waals surface area contributed by atoms with Gasteiger partial charge >= 0.3 is 11.6 Å². The predicted molar refractivity (Wildman–Crippen MR) is 76.5 cm³/mol. The molecule has 0 radical (unpaired) electrons. The number of benzene rings is 1. The van der Waals surface area contributed by atoms with Crippen molar-refractivity contribution in [3.05, 3.63) is 51.4 Å². The summed E-state index contributed by atoms with van der Waals surface area (Å²) >= 11 is 0. The van der Waals surface area contributed by atoms with Gasteiger partial charge in [-0.3, -0.25) is 0 Å². The highest BCUT2D eigenvalue weighted by Crippen LogP contribution is 2.21. The zero-order valence-corrected chi connectivity index (χ0v) is 12.3. The molecule has 2 rings (SSSR count). The van der Waals surface area contributed by atoms with Crippen molar-refractivity contribution >= 4 is 22.9 Å². The number of carbonyl (C=O) groups excluding carboxylic acids is 2. The maximum Gasteiger partial charge on any atom is 0.345 e.